The Morgan fingerprint density at radius 3 is 2.69 bits per heavy atom. The standard InChI is InChI=1S/C12H18N2O2/c1-14(2)8-7-13-9-10-5-3-4-6-11(10)12(15)16/h3-6,13H,7-9H2,1-2H3,(H,15,16). The summed E-state index contributed by atoms with van der Waals surface area (Å²) in [6.45, 7) is 2.38. The first-order chi connectivity index (χ1) is 7.61. The molecule has 88 valence electrons. The Labute approximate surface area is 95.9 Å². The highest BCUT2D eigenvalue weighted by molar-refractivity contribution is 5.89. The molecule has 1 rings (SSSR count). The third kappa shape index (κ3) is 4.00. The highest BCUT2D eigenvalue weighted by atomic mass is 16.4. The topological polar surface area (TPSA) is 52.6 Å². The van der Waals surface area contributed by atoms with Gasteiger partial charge < -0.3 is 15.3 Å². The van der Waals surface area contributed by atoms with E-state index in [1.807, 2.05) is 26.2 Å². The first kappa shape index (κ1) is 12.7. The van der Waals surface area contributed by atoms with E-state index in [2.05, 4.69) is 10.2 Å². The summed E-state index contributed by atoms with van der Waals surface area (Å²) in [5, 5.41) is 12.2. The second-order valence-corrected chi connectivity index (χ2v) is 3.94. The number of carboxylic acid groups (broad SMARTS) is 1. The van der Waals surface area contributed by atoms with Gasteiger partial charge in [0, 0.05) is 19.6 Å². The van der Waals surface area contributed by atoms with Crippen LogP contribution in [-0.2, 0) is 6.54 Å². The Hall–Kier alpha value is -1.39. The monoisotopic (exact) mass is 222 g/mol. The molecule has 0 aliphatic carbocycles. The molecule has 4 heteroatoms. The van der Waals surface area contributed by atoms with Gasteiger partial charge in [-0.3, -0.25) is 0 Å². The van der Waals surface area contributed by atoms with Crippen LogP contribution in [-0.4, -0.2) is 43.2 Å². The molecule has 0 aromatic heterocycles. The number of hydrogen-bond acceptors (Lipinski definition) is 3. The minimum atomic E-state index is -0.870. The highest BCUT2D eigenvalue weighted by Crippen LogP contribution is 2.07. The van der Waals surface area contributed by atoms with Crippen LogP contribution in [0, 0.1) is 0 Å². The molecule has 0 radical (unpaired) electrons. The van der Waals surface area contributed by atoms with Crippen LogP contribution in [0.4, 0.5) is 0 Å². The molecule has 0 aliphatic heterocycles. The molecule has 4 nitrogen and oxygen atoms in total. The molecular formula is C12H18N2O2. The summed E-state index contributed by atoms with van der Waals surface area (Å²) < 4.78 is 0. The number of benzene rings is 1. The van der Waals surface area contributed by atoms with E-state index in [9.17, 15) is 4.79 Å². The maximum atomic E-state index is 10.9. The SMILES string of the molecule is CN(C)CCNCc1ccccc1C(=O)O. The molecule has 0 saturated carbocycles. The molecular weight excluding hydrogens is 204 g/mol. The Morgan fingerprint density at radius 2 is 2.06 bits per heavy atom. The predicted molar refractivity (Wildman–Crippen MR) is 63.7 cm³/mol. The van der Waals surface area contributed by atoms with Crippen LogP contribution in [0.3, 0.4) is 0 Å². The van der Waals surface area contributed by atoms with Gasteiger partial charge in [0.15, 0.2) is 0 Å². The number of likely N-dealkylation sites (N-methyl/N-ethyl adjacent to an activating group) is 1. The largest absolute Gasteiger partial charge is 0.478 e. The first-order valence-corrected chi connectivity index (χ1v) is 5.28. The average molecular weight is 222 g/mol. The zero-order valence-electron chi connectivity index (χ0n) is 9.73. The molecule has 0 aliphatic rings. The first-order valence-electron chi connectivity index (χ1n) is 5.28. The summed E-state index contributed by atoms with van der Waals surface area (Å²) in [5.41, 5.74) is 1.20. The van der Waals surface area contributed by atoms with Crippen LogP contribution in [0.2, 0.25) is 0 Å². The quantitative estimate of drug-likeness (QED) is 0.706. The van der Waals surface area contributed by atoms with Crippen molar-refractivity contribution >= 4 is 5.97 Å². The molecule has 0 amide bonds. The lowest BCUT2D eigenvalue weighted by Crippen LogP contribution is -2.26. The van der Waals surface area contributed by atoms with Gasteiger partial charge in [0.2, 0.25) is 0 Å². The maximum absolute atomic E-state index is 10.9. The van der Waals surface area contributed by atoms with Crippen molar-refractivity contribution < 1.29 is 9.90 Å². The lowest BCUT2D eigenvalue weighted by molar-refractivity contribution is 0.0695. The lowest BCUT2D eigenvalue weighted by atomic mass is 10.1. The second-order valence-electron chi connectivity index (χ2n) is 3.94. The number of hydrogen-bond donors (Lipinski definition) is 2. The Morgan fingerprint density at radius 1 is 1.38 bits per heavy atom. The fourth-order valence-corrected chi connectivity index (χ4v) is 1.41. The van der Waals surface area contributed by atoms with Crippen LogP contribution in [0.1, 0.15) is 15.9 Å². The Balaban J connectivity index is 2.50. The van der Waals surface area contributed by atoms with Gasteiger partial charge in [0.05, 0.1) is 5.56 Å². The van der Waals surface area contributed by atoms with Crippen molar-refractivity contribution in [2.45, 2.75) is 6.54 Å². The van der Waals surface area contributed by atoms with E-state index in [-0.39, 0.29) is 0 Å². The second kappa shape index (κ2) is 6.25. The van der Waals surface area contributed by atoms with Crippen molar-refractivity contribution in [3.8, 4) is 0 Å². The zero-order chi connectivity index (χ0) is 12.0. The van der Waals surface area contributed by atoms with Crippen molar-refractivity contribution in [1.29, 1.82) is 0 Å². The number of nitrogens with zero attached hydrogens (tertiary/aromatic N) is 1. The number of carboxylic acids is 1. The lowest BCUT2D eigenvalue weighted by Gasteiger charge is -2.11. The van der Waals surface area contributed by atoms with Crippen molar-refractivity contribution in [3.05, 3.63) is 35.4 Å². The number of aromatic carboxylic acids is 1. The third-order valence-corrected chi connectivity index (χ3v) is 2.30. The summed E-state index contributed by atoms with van der Waals surface area (Å²) in [4.78, 5) is 13.0. The summed E-state index contributed by atoms with van der Waals surface area (Å²) in [5.74, 6) is -0.870. The normalized spacial score (nSPS) is 10.7. The molecule has 0 unspecified atom stereocenters. The maximum Gasteiger partial charge on any atom is 0.336 e. The number of carbonyl (C=O) groups is 1. The summed E-state index contributed by atoms with van der Waals surface area (Å²) in [7, 11) is 4.01. The molecule has 0 spiro atoms. The molecule has 2 N–H and O–H groups in total. The van der Waals surface area contributed by atoms with E-state index < -0.39 is 5.97 Å². The van der Waals surface area contributed by atoms with Gasteiger partial charge in [0.1, 0.15) is 0 Å². The molecule has 0 saturated heterocycles. The minimum absolute atomic E-state index is 0.375. The van der Waals surface area contributed by atoms with E-state index >= 15 is 0 Å². The van der Waals surface area contributed by atoms with Gasteiger partial charge in [0.25, 0.3) is 0 Å². The molecule has 0 bridgehead atoms. The summed E-state index contributed by atoms with van der Waals surface area (Å²) >= 11 is 0. The van der Waals surface area contributed by atoms with Crippen LogP contribution >= 0.6 is 0 Å². The van der Waals surface area contributed by atoms with E-state index in [0.29, 0.717) is 12.1 Å². The average Bonchev–Trinajstić information content (AvgIpc) is 2.24. The van der Waals surface area contributed by atoms with Crippen molar-refractivity contribution in [3.63, 3.8) is 0 Å². The van der Waals surface area contributed by atoms with Crippen LogP contribution in [0.5, 0.6) is 0 Å². The summed E-state index contributed by atoms with van der Waals surface area (Å²) in [6.07, 6.45) is 0. The Bertz CT molecular complexity index is 351. The predicted octanol–water partition coefficient (Wildman–Crippen LogP) is 1.04. The van der Waals surface area contributed by atoms with Gasteiger partial charge in [-0.25, -0.2) is 4.79 Å². The van der Waals surface area contributed by atoms with Crippen molar-refractivity contribution in [2.24, 2.45) is 0 Å². The van der Waals surface area contributed by atoms with E-state index in [0.717, 1.165) is 18.7 Å². The fourth-order valence-electron chi connectivity index (χ4n) is 1.41. The van der Waals surface area contributed by atoms with E-state index in [4.69, 9.17) is 5.11 Å². The van der Waals surface area contributed by atoms with Gasteiger partial charge in [-0.15, -0.1) is 0 Å². The number of rotatable bonds is 6. The van der Waals surface area contributed by atoms with Crippen LogP contribution < -0.4 is 5.32 Å². The van der Waals surface area contributed by atoms with Crippen LogP contribution in [0.25, 0.3) is 0 Å². The molecule has 0 heterocycles. The molecule has 16 heavy (non-hydrogen) atoms. The van der Waals surface area contributed by atoms with Crippen LogP contribution in [0.15, 0.2) is 24.3 Å². The van der Waals surface area contributed by atoms with E-state index in [1.54, 1.807) is 12.1 Å². The smallest absolute Gasteiger partial charge is 0.336 e. The summed E-state index contributed by atoms with van der Waals surface area (Å²) in [6, 6.07) is 7.07. The van der Waals surface area contributed by atoms with Gasteiger partial charge >= 0.3 is 5.97 Å². The third-order valence-electron chi connectivity index (χ3n) is 2.30. The fraction of sp³-hybridized carbons (Fsp3) is 0.417. The zero-order valence-corrected chi connectivity index (χ0v) is 9.73. The molecule has 0 fully saturated rings. The minimum Gasteiger partial charge on any atom is -0.478 e. The van der Waals surface area contributed by atoms with Crippen molar-refractivity contribution in [2.75, 3.05) is 27.2 Å². The highest BCUT2D eigenvalue weighted by Gasteiger charge is 2.07. The molecule has 0 atom stereocenters. The molecule has 1 aromatic carbocycles. The van der Waals surface area contributed by atoms with Gasteiger partial charge in [-0.2, -0.15) is 0 Å². The number of nitrogens with one attached hydrogen (secondary N) is 1. The van der Waals surface area contributed by atoms with Gasteiger partial charge in [-0.05, 0) is 25.7 Å². The van der Waals surface area contributed by atoms with E-state index in [1.165, 1.54) is 0 Å². The molecule has 1 aromatic rings. The Kier molecular flexibility index (Phi) is 4.95. The van der Waals surface area contributed by atoms with Crippen molar-refractivity contribution in [1.82, 2.24) is 10.2 Å². The van der Waals surface area contributed by atoms with Gasteiger partial charge in [-0.1, -0.05) is 18.2 Å².